The smallest absolute Gasteiger partial charge is 0.318 e. The topological polar surface area (TPSA) is 61.6 Å². The zero-order valence-corrected chi connectivity index (χ0v) is 23.1. The maximum absolute atomic E-state index is 12.9. The number of aromatic nitrogens is 2. The van der Waals surface area contributed by atoms with Crippen LogP contribution in [0, 0.1) is 0 Å². The summed E-state index contributed by atoms with van der Waals surface area (Å²) in [6, 6.07) is 34.9. The molecule has 6 heteroatoms. The highest BCUT2D eigenvalue weighted by molar-refractivity contribution is 5.97. The van der Waals surface area contributed by atoms with E-state index in [1.807, 2.05) is 48.5 Å². The van der Waals surface area contributed by atoms with Crippen LogP contribution in [0.15, 0.2) is 103 Å². The molecular weight excluding hydrogens is 508 g/mol. The summed E-state index contributed by atoms with van der Waals surface area (Å²) in [5.74, 6) is 0.254. The van der Waals surface area contributed by atoms with Crippen molar-refractivity contribution < 1.29 is 9.90 Å². The number of fused-ring (bicyclic) bond motifs is 4. The summed E-state index contributed by atoms with van der Waals surface area (Å²) in [6.45, 7) is 4.73. The first-order chi connectivity index (χ1) is 20.2. The molecule has 41 heavy (non-hydrogen) atoms. The predicted molar refractivity (Wildman–Crippen MR) is 164 cm³/mol. The van der Waals surface area contributed by atoms with Crippen LogP contribution >= 0.6 is 0 Å². The number of unbranched alkanes of at least 4 members (excludes halogenated alkanes) is 1. The summed E-state index contributed by atoms with van der Waals surface area (Å²) in [5, 5.41) is 10.6. The Kier molecular flexibility index (Phi) is 6.56. The van der Waals surface area contributed by atoms with Gasteiger partial charge in [-0.25, -0.2) is 4.98 Å². The zero-order valence-electron chi connectivity index (χ0n) is 23.1. The minimum atomic E-state index is -0.970. The highest BCUT2D eigenvalue weighted by Crippen LogP contribution is 2.51. The van der Waals surface area contributed by atoms with E-state index in [-0.39, 0.29) is 0 Å². The maximum Gasteiger partial charge on any atom is 0.318 e. The summed E-state index contributed by atoms with van der Waals surface area (Å²) in [6.07, 6.45) is 2.44. The van der Waals surface area contributed by atoms with E-state index in [0.29, 0.717) is 6.42 Å². The SMILES string of the molecule is O=C(O)C1(CCCCN2CCN(c3nc4ccccc4n3-c3ccccc3)CC2)c2ccccc2-c2ccccc21. The van der Waals surface area contributed by atoms with Gasteiger partial charge in [-0.2, -0.15) is 0 Å². The van der Waals surface area contributed by atoms with Crippen LogP contribution in [-0.4, -0.2) is 58.3 Å². The molecule has 1 fully saturated rings. The number of carboxylic acids is 1. The van der Waals surface area contributed by atoms with Crippen LogP contribution in [-0.2, 0) is 10.2 Å². The molecule has 0 radical (unpaired) electrons. The van der Waals surface area contributed by atoms with Crippen LogP contribution < -0.4 is 4.90 Å². The highest BCUT2D eigenvalue weighted by atomic mass is 16.4. The van der Waals surface area contributed by atoms with Crippen LogP contribution in [0.5, 0.6) is 0 Å². The number of hydrogen-bond donors (Lipinski definition) is 1. The lowest BCUT2D eigenvalue weighted by atomic mass is 9.74. The molecule has 1 aliphatic heterocycles. The number of carboxylic acid groups (broad SMARTS) is 1. The van der Waals surface area contributed by atoms with Crippen molar-refractivity contribution in [2.75, 3.05) is 37.6 Å². The number of piperazine rings is 1. The van der Waals surface area contributed by atoms with E-state index >= 15 is 0 Å². The molecule has 0 spiro atoms. The molecule has 1 aliphatic carbocycles. The molecule has 1 aromatic heterocycles. The van der Waals surface area contributed by atoms with Gasteiger partial charge in [0.1, 0.15) is 5.41 Å². The average Bonchev–Trinajstić information content (AvgIpc) is 3.55. The maximum atomic E-state index is 12.9. The van der Waals surface area contributed by atoms with Gasteiger partial charge in [-0.1, -0.05) is 85.3 Å². The molecule has 0 unspecified atom stereocenters. The van der Waals surface area contributed by atoms with Gasteiger partial charge in [0.05, 0.1) is 11.0 Å². The number of para-hydroxylation sites is 3. The van der Waals surface area contributed by atoms with Crippen LogP contribution in [0.2, 0.25) is 0 Å². The fraction of sp³-hybridized carbons (Fsp3) is 0.257. The molecule has 0 atom stereocenters. The standard InChI is InChI=1S/C35H34N4O2/c40-33(41)35(29-16-6-4-14-27(29)28-15-5-7-17-30(28)35)20-10-11-21-37-22-24-38(25-23-37)34-36-31-18-8-9-19-32(31)39(34)26-12-2-1-3-13-26/h1-9,12-19H,10-11,20-25H2,(H,40,41). The van der Waals surface area contributed by atoms with E-state index < -0.39 is 11.4 Å². The van der Waals surface area contributed by atoms with E-state index in [1.54, 1.807) is 0 Å². The van der Waals surface area contributed by atoms with E-state index in [4.69, 9.17) is 4.98 Å². The highest BCUT2D eigenvalue weighted by Gasteiger charge is 2.48. The molecule has 6 nitrogen and oxygen atoms in total. The first kappa shape index (κ1) is 25.5. The molecule has 4 aromatic carbocycles. The van der Waals surface area contributed by atoms with Crippen molar-refractivity contribution in [3.05, 3.63) is 114 Å². The number of anilines is 1. The van der Waals surface area contributed by atoms with Gasteiger partial charge >= 0.3 is 5.97 Å². The largest absolute Gasteiger partial charge is 0.480 e. The lowest BCUT2D eigenvalue weighted by molar-refractivity contribution is -0.142. The number of imidazole rings is 1. The number of aliphatic carboxylic acids is 1. The Hall–Kier alpha value is -4.42. The number of nitrogens with zero attached hydrogens (tertiary/aromatic N) is 4. The quantitative estimate of drug-likeness (QED) is 0.231. The fourth-order valence-electron chi connectivity index (χ4n) is 6.89. The molecular formula is C35H34N4O2. The Morgan fingerprint density at radius 3 is 2.02 bits per heavy atom. The lowest BCUT2D eigenvalue weighted by Gasteiger charge is -2.35. The number of benzene rings is 4. The number of hydrogen-bond acceptors (Lipinski definition) is 4. The van der Waals surface area contributed by atoms with Crippen molar-refractivity contribution in [2.45, 2.75) is 24.7 Å². The molecule has 2 heterocycles. The van der Waals surface area contributed by atoms with Gasteiger partial charge in [-0.15, -0.1) is 0 Å². The molecule has 1 N–H and O–H groups in total. The van der Waals surface area contributed by atoms with Crippen LogP contribution in [0.3, 0.4) is 0 Å². The summed E-state index contributed by atoms with van der Waals surface area (Å²) in [7, 11) is 0. The first-order valence-electron chi connectivity index (χ1n) is 14.6. The van der Waals surface area contributed by atoms with Crippen molar-refractivity contribution in [1.29, 1.82) is 0 Å². The monoisotopic (exact) mass is 542 g/mol. The Morgan fingerprint density at radius 2 is 1.34 bits per heavy atom. The third-order valence-corrected chi connectivity index (χ3v) is 8.92. The number of rotatable bonds is 8. The summed E-state index contributed by atoms with van der Waals surface area (Å²) >= 11 is 0. The van der Waals surface area contributed by atoms with Gasteiger partial charge in [0.15, 0.2) is 0 Å². The normalized spacial score (nSPS) is 16.0. The Morgan fingerprint density at radius 1 is 0.732 bits per heavy atom. The molecule has 0 amide bonds. The Labute approximate surface area is 240 Å². The molecule has 0 bridgehead atoms. The average molecular weight is 543 g/mol. The van der Waals surface area contributed by atoms with Gasteiger partial charge in [0, 0.05) is 31.9 Å². The Balaban J connectivity index is 1.02. The van der Waals surface area contributed by atoms with Crippen molar-refractivity contribution in [3.63, 3.8) is 0 Å². The second kappa shape index (κ2) is 10.5. The van der Waals surface area contributed by atoms with Gasteiger partial charge in [0.25, 0.3) is 0 Å². The van der Waals surface area contributed by atoms with E-state index in [1.165, 1.54) is 0 Å². The molecule has 7 rings (SSSR count). The summed E-state index contributed by atoms with van der Waals surface area (Å²) in [4.78, 5) is 22.8. The minimum Gasteiger partial charge on any atom is -0.480 e. The summed E-state index contributed by atoms with van der Waals surface area (Å²) < 4.78 is 2.27. The van der Waals surface area contributed by atoms with E-state index in [9.17, 15) is 9.90 Å². The van der Waals surface area contributed by atoms with Crippen molar-refractivity contribution in [1.82, 2.24) is 14.5 Å². The van der Waals surface area contributed by atoms with Crippen molar-refractivity contribution in [3.8, 4) is 16.8 Å². The van der Waals surface area contributed by atoms with Gasteiger partial charge in [-0.3, -0.25) is 14.3 Å². The van der Waals surface area contributed by atoms with Crippen LogP contribution in [0.1, 0.15) is 30.4 Å². The van der Waals surface area contributed by atoms with E-state index in [2.05, 4.69) is 69.0 Å². The minimum absolute atomic E-state index is 0.609. The van der Waals surface area contributed by atoms with Gasteiger partial charge < -0.3 is 10.0 Å². The summed E-state index contributed by atoms with van der Waals surface area (Å²) in [5.41, 5.74) is 6.27. The van der Waals surface area contributed by atoms with Crippen LogP contribution in [0.4, 0.5) is 5.95 Å². The lowest BCUT2D eigenvalue weighted by Crippen LogP contribution is -2.47. The second-order valence-corrected chi connectivity index (χ2v) is 11.2. The molecule has 1 saturated heterocycles. The third kappa shape index (κ3) is 4.30. The van der Waals surface area contributed by atoms with Crippen LogP contribution in [0.25, 0.3) is 27.8 Å². The van der Waals surface area contributed by atoms with Gasteiger partial charge in [-0.05, 0) is 65.9 Å². The molecule has 5 aromatic rings. The Bertz CT molecular complexity index is 1660. The molecule has 206 valence electrons. The van der Waals surface area contributed by atoms with Crippen molar-refractivity contribution >= 4 is 23.0 Å². The first-order valence-corrected chi connectivity index (χ1v) is 14.6. The predicted octanol–water partition coefficient (Wildman–Crippen LogP) is 6.37. The molecule has 0 saturated carbocycles. The molecule has 2 aliphatic rings. The second-order valence-electron chi connectivity index (χ2n) is 11.2. The fourth-order valence-corrected chi connectivity index (χ4v) is 6.89. The zero-order chi connectivity index (χ0) is 27.8. The van der Waals surface area contributed by atoms with E-state index in [0.717, 1.165) is 90.5 Å². The number of carbonyl (C=O) groups is 1. The van der Waals surface area contributed by atoms with Gasteiger partial charge in [0.2, 0.25) is 5.95 Å². The van der Waals surface area contributed by atoms with Crippen molar-refractivity contribution in [2.24, 2.45) is 0 Å². The third-order valence-electron chi connectivity index (χ3n) is 8.92.